The minimum atomic E-state index is -0.474. The Morgan fingerprint density at radius 3 is 2.93 bits per heavy atom. The van der Waals surface area contributed by atoms with Gasteiger partial charge in [0.25, 0.3) is 0 Å². The summed E-state index contributed by atoms with van der Waals surface area (Å²) >= 11 is 0. The molecule has 7 nitrogen and oxygen atoms in total. The van der Waals surface area contributed by atoms with E-state index in [1.807, 2.05) is 0 Å². The highest BCUT2D eigenvalue weighted by molar-refractivity contribution is 5.09. The van der Waals surface area contributed by atoms with Crippen LogP contribution < -0.4 is 11.4 Å². The Morgan fingerprint density at radius 2 is 2.33 bits per heavy atom. The van der Waals surface area contributed by atoms with E-state index in [4.69, 9.17) is 10.2 Å². The quantitative estimate of drug-likeness (QED) is 0.716. The second-order valence-corrected chi connectivity index (χ2v) is 3.01. The number of oxazole rings is 1. The van der Waals surface area contributed by atoms with Crippen LogP contribution in [0.3, 0.4) is 0 Å². The molecule has 0 spiro atoms. The Morgan fingerprint density at radius 1 is 1.53 bits per heavy atom. The van der Waals surface area contributed by atoms with E-state index in [1.54, 1.807) is 6.92 Å². The van der Waals surface area contributed by atoms with Crippen LogP contribution in [0.5, 0.6) is 0 Å². The zero-order chi connectivity index (χ0) is 10.8. The number of nitrogen functional groups attached to an aromatic ring is 1. The molecule has 0 fully saturated rings. The molecule has 0 aliphatic rings. The fourth-order valence-electron chi connectivity index (χ4n) is 1.10. The number of nitrogens with two attached hydrogens (primary N) is 1. The first kappa shape index (κ1) is 9.38. The molecular formula is C8H9N5O2. The summed E-state index contributed by atoms with van der Waals surface area (Å²) in [5, 5.41) is 0. The number of nitrogens with zero attached hydrogens (tertiary/aromatic N) is 4. The standard InChI is InChI=1S/C8H9N5O2/c1-5-3-15-6(11-5)2-13-4-10-7(9)12-8(13)14/h3-4H,2H2,1H3,(H2,9,12,14). The van der Waals surface area contributed by atoms with Crippen LogP contribution in [0.25, 0.3) is 0 Å². The first-order chi connectivity index (χ1) is 7.15. The molecule has 0 aromatic carbocycles. The summed E-state index contributed by atoms with van der Waals surface area (Å²) in [6, 6.07) is 0. The van der Waals surface area contributed by atoms with Crippen LogP contribution in [0.1, 0.15) is 11.6 Å². The lowest BCUT2D eigenvalue weighted by molar-refractivity contribution is 0.470. The van der Waals surface area contributed by atoms with Crippen LogP contribution in [-0.2, 0) is 6.54 Å². The normalized spacial score (nSPS) is 10.5. The third-order valence-electron chi connectivity index (χ3n) is 1.76. The van der Waals surface area contributed by atoms with Gasteiger partial charge in [-0.15, -0.1) is 0 Å². The van der Waals surface area contributed by atoms with Gasteiger partial charge in [-0.3, -0.25) is 4.57 Å². The smallest absolute Gasteiger partial charge is 0.352 e. The van der Waals surface area contributed by atoms with Crippen LogP contribution in [0.4, 0.5) is 5.95 Å². The third-order valence-corrected chi connectivity index (χ3v) is 1.76. The maximum Gasteiger partial charge on any atom is 0.352 e. The average Bonchev–Trinajstić information content (AvgIpc) is 2.56. The maximum atomic E-state index is 11.3. The van der Waals surface area contributed by atoms with Crippen LogP contribution >= 0.6 is 0 Å². The average molecular weight is 207 g/mol. The highest BCUT2D eigenvalue weighted by atomic mass is 16.3. The predicted octanol–water partition coefficient (Wildman–Crippen LogP) is -0.435. The molecule has 0 atom stereocenters. The Kier molecular flexibility index (Phi) is 2.20. The summed E-state index contributed by atoms with van der Waals surface area (Å²) in [4.78, 5) is 22.6. The molecule has 0 bridgehead atoms. The van der Waals surface area contributed by atoms with Crippen LogP contribution in [-0.4, -0.2) is 19.5 Å². The summed E-state index contributed by atoms with van der Waals surface area (Å²) in [6.07, 6.45) is 2.82. The van der Waals surface area contributed by atoms with E-state index in [0.29, 0.717) is 5.89 Å². The van der Waals surface area contributed by atoms with Gasteiger partial charge < -0.3 is 10.2 Å². The first-order valence-electron chi connectivity index (χ1n) is 4.25. The zero-order valence-electron chi connectivity index (χ0n) is 8.04. The van der Waals surface area contributed by atoms with Gasteiger partial charge in [0.2, 0.25) is 11.8 Å². The van der Waals surface area contributed by atoms with Gasteiger partial charge in [0, 0.05) is 0 Å². The lowest BCUT2D eigenvalue weighted by atomic mass is 10.5. The number of aromatic nitrogens is 4. The van der Waals surface area contributed by atoms with E-state index in [0.717, 1.165) is 5.69 Å². The Hall–Kier alpha value is -2.18. The SMILES string of the molecule is Cc1coc(Cn2cnc(N)nc2=O)n1. The van der Waals surface area contributed by atoms with Gasteiger partial charge >= 0.3 is 5.69 Å². The maximum absolute atomic E-state index is 11.3. The summed E-state index contributed by atoms with van der Waals surface area (Å²) in [5.41, 5.74) is 5.54. The molecule has 2 N–H and O–H groups in total. The molecule has 0 aliphatic heterocycles. The minimum absolute atomic E-state index is 0.0418. The van der Waals surface area contributed by atoms with Gasteiger partial charge in [0.15, 0.2) is 0 Å². The molecule has 2 aromatic heterocycles. The second-order valence-electron chi connectivity index (χ2n) is 3.01. The largest absolute Gasteiger partial charge is 0.447 e. The molecule has 0 saturated heterocycles. The van der Waals surface area contributed by atoms with Gasteiger partial charge in [-0.25, -0.2) is 14.8 Å². The van der Waals surface area contributed by atoms with Crippen molar-refractivity contribution in [1.82, 2.24) is 19.5 Å². The zero-order valence-corrected chi connectivity index (χ0v) is 8.04. The number of anilines is 1. The molecule has 0 unspecified atom stereocenters. The van der Waals surface area contributed by atoms with Gasteiger partial charge in [0.1, 0.15) is 19.1 Å². The van der Waals surface area contributed by atoms with Crippen molar-refractivity contribution in [3.63, 3.8) is 0 Å². The molecule has 0 saturated carbocycles. The number of hydrogen-bond acceptors (Lipinski definition) is 6. The second kappa shape index (κ2) is 3.52. The van der Waals surface area contributed by atoms with Crippen molar-refractivity contribution >= 4 is 5.95 Å². The first-order valence-corrected chi connectivity index (χ1v) is 4.25. The van der Waals surface area contributed by atoms with E-state index < -0.39 is 5.69 Å². The van der Waals surface area contributed by atoms with Crippen LogP contribution in [0.2, 0.25) is 0 Å². The van der Waals surface area contributed by atoms with E-state index in [2.05, 4.69) is 15.0 Å². The van der Waals surface area contributed by atoms with Gasteiger partial charge in [0.05, 0.1) is 5.69 Å². The van der Waals surface area contributed by atoms with E-state index in [1.165, 1.54) is 17.2 Å². The topological polar surface area (TPSA) is 99.8 Å². The molecule has 0 aliphatic carbocycles. The molecule has 0 amide bonds. The number of rotatable bonds is 2. The van der Waals surface area contributed by atoms with E-state index in [-0.39, 0.29) is 12.5 Å². The Labute approximate surface area is 84.6 Å². The van der Waals surface area contributed by atoms with Crippen molar-refractivity contribution < 1.29 is 4.42 Å². The summed E-state index contributed by atoms with van der Waals surface area (Å²) in [5.74, 6) is 0.391. The summed E-state index contributed by atoms with van der Waals surface area (Å²) < 4.78 is 6.36. The van der Waals surface area contributed by atoms with Crippen molar-refractivity contribution in [2.24, 2.45) is 0 Å². The molecule has 2 aromatic rings. The highest BCUT2D eigenvalue weighted by Crippen LogP contribution is 2.01. The van der Waals surface area contributed by atoms with Gasteiger partial charge in [-0.1, -0.05) is 0 Å². The van der Waals surface area contributed by atoms with Crippen LogP contribution in [0.15, 0.2) is 21.8 Å². The van der Waals surface area contributed by atoms with Crippen molar-refractivity contribution in [2.75, 3.05) is 5.73 Å². The molecule has 2 rings (SSSR count). The molecule has 7 heteroatoms. The fraction of sp³-hybridized carbons (Fsp3) is 0.250. The third kappa shape index (κ3) is 2.01. The molecule has 78 valence electrons. The monoisotopic (exact) mass is 207 g/mol. The van der Waals surface area contributed by atoms with E-state index in [9.17, 15) is 4.79 Å². The van der Waals surface area contributed by atoms with Gasteiger partial charge in [-0.2, -0.15) is 4.98 Å². The van der Waals surface area contributed by atoms with Crippen molar-refractivity contribution in [3.05, 3.63) is 34.7 Å². The minimum Gasteiger partial charge on any atom is -0.447 e. The van der Waals surface area contributed by atoms with E-state index >= 15 is 0 Å². The summed E-state index contributed by atoms with van der Waals surface area (Å²) in [7, 11) is 0. The highest BCUT2D eigenvalue weighted by Gasteiger charge is 2.04. The Bertz CT molecular complexity index is 530. The lowest BCUT2D eigenvalue weighted by Gasteiger charge is -1.99. The number of aryl methyl sites for hydroxylation is 1. The van der Waals surface area contributed by atoms with Crippen molar-refractivity contribution in [2.45, 2.75) is 13.5 Å². The fourth-order valence-corrected chi connectivity index (χ4v) is 1.10. The number of hydrogen-bond donors (Lipinski definition) is 1. The predicted molar refractivity (Wildman–Crippen MR) is 51.0 cm³/mol. The summed E-state index contributed by atoms with van der Waals surface area (Å²) in [6.45, 7) is 2.00. The van der Waals surface area contributed by atoms with Gasteiger partial charge in [-0.05, 0) is 6.92 Å². The lowest BCUT2D eigenvalue weighted by Crippen LogP contribution is -2.25. The molecule has 15 heavy (non-hydrogen) atoms. The Balaban J connectivity index is 2.28. The molecule has 0 radical (unpaired) electrons. The van der Waals surface area contributed by atoms with Crippen LogP contribution in [0, 0.1) is 6.92 Å². The van der Waals surface area contributed by atoms with Crippen molar-refractivity contribution in [1.29, 1.82) is 0 Å². The molecular weight excluding hydrogens is 198 g/mol. The van der Waals surface area contributed by atoms with Crippen molar-refractivity contribution in [3.8, 4) is 0 Å². The molecule has 2 heterocycles.